The van der Waals surface area contributed by atoms with Crippen LogP contribution in [0.4, 0.5) is 5.69 Å². The Morgan fingerprint density at radius 3 is 2.46 bits per heavy atom. The first-order valence-corrected chi connectivity index (χ1v) is 19.0. The van der Waals surface area contributed by atoms with Gasteiger partial charge in [0, 0.05) is 16.7 Å². The minimum Gasteiger partial charge on any atom is -0.457 e. The number of esters is 1. The lowest BCUT2D eigenvalue weighted by molar-refractivity contribution is -1.08. The number of quaternary nitrogens is 2. The number of nitrogens with zero attached hydrogens (tertiary/aromatic N) is 4. The smallest absolute Gasteiger partial charge is 0.356 e. The molecule has 266 valence electrons. The topological polar surface area (TPSA) is 163 Å². The van der Waals surface area contributed by atoms with Gasteiger partial charge in [0.1, 0.15) is 51.6 Å². The van der Waals surface area contributed by atoms with Crippen LogP contribution in [-0.4, -0.2) is 124 Å². The normalized spacial score (nSPS) is 28.0. The van der Waals surface area contributed by atoms with Crippen molar-refractivity contribution >= 4 is 62.0 Å². The summed E-state index contributed by atoms with van der Waals surface area (Å²) in [5, 5.41) is 0.863. The van der Waals surface area contributed by atoms with E-state index in [9.17, 15) is 27.6 Å². The molecule has 4 fully saturated rings. The highest BCUT2D eigenvalue weighted by Crippen LogP contribution is 2.53. The molecular formula is C34H41N5O9S2+2. The average molecular weight is 728 g/mol. The van der Waals surface area contributed by atoms with Crippen LogP contribution in [0.3, 0.4) is 0 Å². The van der Waals surface area contributed by atoms with Gasteiger partial charge in [0.2, 0.25) is 5.91 Å². The standard InChI is InChI=1S/C34H40N5O9S2/c1-4-18-47-34(43)30-25(49-32-28(31(41)37(30)32)21(2)33(42)48-46-3)19-36-24-7-5-6-23-22(8-9-26(29(23)24)50(36,44)45)10-11-38-12-15-39(16-13-38,17-14-38)20-27(35)40/h4-9,21,28,32H,1,10-20H2,2-3H3,(H-,35,40)/q+1/p+1. The Bertz CT molecular complexity index is 1940. The molecule has 2 aromatic carbocycles. The van der Waals surface area contributed by atoms with E-state index in [1.807, 2.05) is 18.2 Å². The number of fused-ring (bicyclic) bond motifs is 4. The Morgan fingerprint density at radius 1 is 1.10 bits per heavy atom. The van der Waals surface area contributed by atoms with Crippen molar-refractivity contribution in [1.29, 1.82) is 0 Å². The number of primary amides is 1. The van der Waals surface area contributed by atoms with Crippen LogP contribution in [0.15, 0.2) is 58.5 Å². The van der Waals surface area contributed by atoms with E-state index in [4.69, 9.17) is 10.5 Å². The first-order valence-electron chi connectivity index (χ1n) is 16.7. The fourth-order valence-corrected chi connectivity index (χ4v) is 11.6. The van der Waals surface area contributed by atoms with E-state index in [-0.39, 0.29) is 29.7 Å². The van der Waals surface area contributed by atoms with Crippen molar-refractivity contribution < 1.29 is 51.1 Å². The molecule has 0 saturated carbocycles. The SMILES string of the molecule is C=CCOC(=O)C1=C(CN2c3cccc4c(CC[N+]56CC[N+](CC(N)=O)(CC5)CC6)ccc(c34)S2(=O)=O)SC2C(C(C)C(=O)OOC)C(=O)N12. The van der Waals surface area contributed by atoms with Gasteiger partial charge in [-0.15, -0.1) is 0 Å². The molecule has 4 saturated heterocycles. The second-order valence-corrected chi connectivity index (χ2v) is 16.9. The summed E-state index contributed by atoms with van der Waals surface area (Å²) in [5.41, 5.74) is 7.07. The number of carbonyl (C=O) groups excluding carboxylic acids is 4. The maximum absolute atomic E-state index is 14.2. The Morgan fingerprint density at radius 2 is 1.80 bits per heavy atom. The van der Waals surface area contributed by atoms with Crippen LogP contribution in [0.5, 0.6) is 0 Å². The van der Waals surface area contributed by atoms with Crippen LogP contribution in [0.25, 0.3) is 10.8 Å². The molecule has 3 atom stereocenters. The number of sulfonamides is 1. The number of β-lactam (4-membered cyclic amide) rings is 1. The second kappa shape index (κ2) is 12.7. The molecule has 6 aliphatic rings. The lowest BCUT2D eigenvalue weighted by Crippen LogP contribution is -2.76. The van der Waals surface area contributed by atoms with Crippen molar-refractivity contribution in [1.82, 2.24) is 4.90 Å². The maximum Gasteiger partial charge on any atom is 0.356 e. The lowest BCUT2D eigenvalue weighted by Gasteiger charge is -2.55. The fraction of sp³-hybridized carbons (Fsp3) is 0.471. The molecule has 50 heavy (non-hydrogen) atoms. The molecule has 3 unspecified atom stereocenters. The molecule has 14 nitrogen and oxygen atoms in total. The highest BCUT2D eigenvalue weighted by atomic mass is 32.2. The van der Waals surface area contributed by atoms with Crippen LogP contribution in [-0.2, 0) is 50.1 Å². The zero-order valence-electron chi connectivity index (χ0n) is 28.0. The zero-order chi connectivity index (χ0) is 35.6. The molecule has 2 N–H and O–H groups in total. The Hall–Kier alpha value is -3.96. The van der Waals surface area contributed by atoms with Crippen molar-refractivity contribution in [2.24, 2.45) is 17.6 Å². The van der Waals surface area contributed by atoms with Gasteiger partial charge in [-0.3, -0.25) is 23.7 Å². The second-order valence-electron chi connectivity index (χ2n) is 13.8. The van der Waals surface area contributed by atoms with Crippen LogP contribution < -0.4 is 10.0 Å². The van der Waals surface area contributed by atoms with Crippen LogP contribution in [0.1, 0.15) is 12.5 Å². The summed E-state index contributed by atoms with van der Waals surface area (Å²) in [4.78, 5) is 61.9. The summed E-state index contributed by atoms with van der Waals surface area (Å²) in [5.74, 6) is -3.91. The minimum absolute atomic E-state index is 0.0371. The largest absolute Gasteiger partial charge is 0.457 e. The summed E-state index contributed by atoms with van der Waals surface area (Å²) in [6.45, 7) is 11.9. The number of hydrogen-bond acceptors (Lipinski definition) is 10. The first kappa shape index (κ1) is 34.5. The number of thioether (sulfide) groups is 1. The van der Waals surface area contributed by atoms with Gasteiger partial charge in [-0.25, -0.2) is 18.0 Å². The summed E-state index contributed by atoms with van der Waals surface area (Å²) in [7, 11) is -2.84. The average Bonchev–Trinajstić information content (AvgIpc) is 3.53. The zero-order valence-corrected chi connectivity index (χ0v) is 29.7. The van der Waals surface area contributed by atoms with Crippen molar-refractivity contribution in [2.75, 3.05) is 76.9 Å². The van der Waals surface area contributed by atoms with Crippen molar-refractivity contribution in [3.8, 4) is 0 Å². The van der Waals surface area contributed by atoms with Gasteiger partial charge in [-0.05, 0) is 23.1 Å². The Kier molecular flexibility index (Phi) is 8.74. The minimum atomic E-state index is -4.03. The summed E-state index contributed by atoms with van der Waals surface area (Å²) in [6, 6.07) is 9.13. The molecule has 8 rings (SSSR count). The molecule has 16 heteroatoms. The van der Waals surface area contributed by atoms with Gasteiger partial charge in [-0.2, -0.15) is 4.89 Å². The van der Waals surface area contributed by atoms with E-state index in [1.165, 1.54) is 34.2 Å². The predicted octanol–water partition coefficient (Wildman–Crippen LogP) is 1.25. The van der Waals surface area contributed by atoms with Crippen molar-refractivity contribution in [2.45, 2.75) is 23.6 Å². The van der Waals surface area contributed by atoms with Gasteiger partial charge < -0.3 is 19.4 Å². The molecule has 2 amide bonds. The van der Waals surface area contributed by atoms with Gasteiger partial charge in [0.15, 0.2) is 6.54 Å². The number of ether oxygens (including phenoxy) is 1. The summed E-state index contributed by atoms with van der Waals surface area (Å²) < 4.78 is 36.7. The highest BCUT2D eigenvalue weighted by Gasteiger charge is 2.60. The molecule has 2 bridgehead atoms. The number of anilines is 1. The van der Waals surface area contributed by atoms with E-state index in [0.29, 0.717) is 22.5 Å². The quantitative estimate of drug-likeness (QED) is 0.0794. The monoisotopic (exact) mass is 727 g/mol. The van der Waals surface area contributed by atoms with E-state index in [2.05, 4.69) is 16.4 Å². The third kappa shape index (κ3) is 5.48. The summed E-state index contributed by atoms with van der Waals surface area (Å²) in [6.07, 6.45) is 2.17. The maximum atomic E-state index is 14.2. The number of amides is 2. The molecule has 0 spiro atoms. The number of piperazine rings is 3. The number of carbonyl (C=O) groups is 4. The molecule has 6 heterocycles. The van der Waals surface area contributed by atoms with Crippen molar-refractivity contribution in [3.63, 3.8) is 0 Å². The Balaban J connectivity index is 1.16. The molecule has 6 aliphatic heterocycles. The molecule has 0 radical (unpaired) electrons. The molecule has 0 aliphatic carbocycles. The van der Waals surface area contributed by atoms with E-state index in [1.54, 1.807) is 19.1 Å². The van der Waals surface area contributed by atoms with Gasteiger partial charge in [0.25, 0.3) is 15.9 Å². The van der Waals surface area contributed by atoms with Gasteiger partial charge in [-0.1, -0.05) is 49.5 Å². The predicted molar refractivity (Wildman–Crippen MR) is 183 cm³/mol. The van der Waals surface area contributed by atoms with Crippen LogP contribution in [0, 0.1) is 11.8 Å². The highest BCUT2D eigenvalue weighted by molar-refractivity contribution is 8.04. The van der Waals surface area contributed by atoms with E-state index in [0.717, 1.165) is 72.1 Å². The van der Waals surface area contributed by atoms with Gasteiger partial charge >= 0.3 is 11.9 Å². The molecular weight excluding hydrogens is 687 g/mol. The fourth-order valence-electron chi connectivity index (χ4n) is 8.29. The summed E-state index contributed by atoms with van der Waals surface area (Å²) >= 11 is 1.17. The van der Waals surface area contributed by atoms with Crippen molar-refractivity contribution in [3.05, 3.63) is 59.2 Å². The lowest BCUT2D eigenvalue weighted by atomic mass is 9.85. The Labute approximate surface area is 294 Å². The molecule has 0 aromatic heterocycles. The first-order chi connectivity index (χ1) is 23.8. The third-order valence-electron chi connectivity index (χ3n) is 11.1. The van der Waals surface area contributed by atoms with Crippen LogP contribution in [0.2, 0.25) is 0 Å². The van der Waals surface area contributed by atoms with E-state index >= 15 is 0 Å². The number of hydrogen-bond donors (Lipinski definition) is 1. The number of benzene rings is 2. The number of nitrogens with two attached hydrogens (primary N) is 1. The number of rotatable bonds is 13. The van der Waals surface area contributed by atoms with E-state index < -0.39 is 45.1 Å². The third-order valence-corrected chi connectivity index (χ3v) is 14.3. The van der Waals surface area contributed by atoms with Crippen LogP contribution >= 0.6 is 11.8 Å². The van der Waals surface area contributed by atoms with Gasteiger partial charge in [0.05, 0.1) is 48.0 Å². The molecule has 2 aromatic rings.